The summed E-state index contributed by atoms with van der Waals surface area (Å²) in [6.07, 6.45) is 1.80. The molecule has 0 amide bonds. The molecule has 0 saturated heterocycles. The fraction of sp³-hybridized carbons (Fsp3) is 0.100. The molecule has 0 aliphatic rings. The minimum Gasteiger partial charge on any atom is -0.336 e. The molecule has 3 aromatic rings. The second kappa shape index (κ2) is 3.31. The van der Waals surface area contributed by atoms with Gasteiger partial charge in [-0.05, 0) is 12.1 Å². The van der Waals surface area contributed by atoms with Crippen molar-refractivity contribution in [1.82, 2.24) is 25.0 Å². The van der Waals surface area contributed by atoms with Crippen LogP contribution in [-0.2, 0) is 7.05 Å². The van der Waals surface area contributed by atoms with Crippen molar-refractivity contribution in [1.29, 1.82) is 0 Å². The second-order valence-corrected chi connectivity index (χ2v) is 3.91. The van der Waals surface area contributed by atoms with E-state index in [-0.39, 0.29) is 0 Å². The van der Waals surface area contributed by atoms with Crippen molar-refractivity contribution in [2.24, 2.45) is 7.05 Å². The number of aromatic nitrogens is 5. The van der Waals surface area contributed by atoms with E-state index < -0.39 is 0 Å². The fourth-order valence-corrected chi connectivity index (χ4v) is 1.79. The molecule has 3 rings (SSSR count). The lowest BCUT2D eigenvalue weighted by Gasteiger charge is -1.88. The third-order valence-corrected chi connectivity index (χ3v) is 2.61. The largest absolute Gasteiger partial charge is 0.336 e. The van der Waals surface area contributed by atoms with Crippen molar-refractivity contribution in [2.45, 2.75) is 0 Å². The highest BCUT2D eigenvalue weighted by Crippen LogP contribution is 2.24. The summed E-state index contributed by atoms with van der Waals surface area (Å²) in [5.41, 5.74) is 2.35. The van der Waals surface area contributed by atoms with Gasteiger partial charge in [-0.1, -0.05) is 22.9 Å². The molecule has 6 heteroatoms. The summed E-state index contributed by atoms with van der Waals surface area (Å²) < 4.78 is 1.63. The number of nitrogens with zero attached hydrogens (tertiary/aromatic N) is 4. The molecular weight excluding hydrogens is 226 g/mol. The number of rotatable bonds is 1. The third-order valence-electron chi connectivity index (χ3n) is 2.31. The number of halogens is 1. The Balaban J connectivity index is 2.22. The monoisotopic (exact) mass is 233 g/mol. The van der Waals surface area contributed by atoms with Crippen LogP contribution in [0.1, 0.15) is 0 Å². The highest BCUT2D eigenvalue weighted by molar-refractivity contribution is 6.34. The van der Waals surface area contributed by atoms with Crippen LogP contribution in [0.25, 0.3) is 22.6 Å². The molecule has 0 fully saturated rings. The first-order valence-electron chi connectivity index (χ1n) is 4.75. The molecule has 0 bridgehead atoms. The molecular formula is C10H8ClN5. The van der Waals surface area contributed by atoms with Gasteiger partial charge >= 0.3 is 0 Å². The van der Waals surface area contributed by atoms with E-state index in [1.54, 1.807) is 10.9 Å². The molecule has 0 spiro atoms. The van der Waals surface area contributed by atoms with Crippen molar-refractivity contribution in [3.05, 3.63) is 29.4 Å². The number of para-hydroxylation sites is 1. The average Bonchev–Trinajstić information content (AvgIpc) is 2.84. The molecule has 0 unspecified atom stereocenters. The number of aromatic amines is 1. The Bertz CT molecular complexity index is 654. The van der Waals surface area contributed by atoms with Crippen molar-refractivity contribution in [3.63, 3.8) is 0 Å². The Morgan fingerprint density at radius 3 is 2.94 bits per heavy atom. The number of nitrogens with one attached hydrogen (secondary N) is 1. The SMILES string of the molecule is Cn1cc(-c2nc3c(Cl)cccc3[nH]2)nn1. The molecule has 5 nitrogen and oxygen atoms in total. The number of hydrogen-bond acceptors (Lipinski definition) is 3. The van der Waals surface area contributed by atoms with Gasteiger partial charge in [0.15, 0.2) is 5.82 Å². The lowest BCUT2D eigenvalue weighted by Crippen LogP contribution is -1.85. The lowest BCUT2D eigenvalue weighted by molar-refractivity contribution is 0.715. The number of H-pyrrole nitrogens is 1. The van der Waals surface area contributed by atoms with Gasteiger partial charge in [0.05, 0.1) is 16.7 Å². The van der Waals surface area contributed by atoms with Gasteiger partial charge in [0.2, 0.25) is 0 Å². The smallest absolute Gasteiger partial charge is 0.160 e. The topological polar surface area (TPSA) is 59.4 Å². The number of hydrogen-bond donors (Lipinski definition) is 1. The summed E-state index contributed by atoms with van der Waals surface area (Å²) >= 11 is 6.04. The Morgan fingerprint density at radius 1 is 1.38 bits per heavy atom. The van der Waals surface area contributed by atoms with Crippen molar-refractivity contribution >= 4 is 22.6 Å². The zero-order chi connectivity index (χ0) is 11.1. The number of fused-ring (bicyclic) bond motifs is 1. The Labute approximate surface area is 96.1 Å². The van der Waals surface area contributed by atoms with Crippen molar-refractivity contribution < 1.29 is 0 Å². The van der Waals surface area contributed by atoms with Crippen LogP contribution >= 0.6 is 11.6 Å². The van der Waals surface area contributed by atoms with Gasteiger partial charge in [-0.15, -0.1) is 5.10 Å². The normalized spacial score (nSPS) is 11.1. The maximum Gasteiger partial charge on any atom is 0.160 e. The molecule has 0 atom stereocenters. The maximum atomic E-state index is 6.04. The summed E-state index contributed by atoms with van der Waals surface area (Å²) in [4.78, 5) is 7.55. The summed E-state index contributed by atoms with van der Waals surface area (Å²) in [6.45, 7) is 0. The summed E-state index contributed by atoms with van der Waals surface area (Å²) in [5, 5.41) is 8.47. The summed E-state index contributed by atoms with van der Waals surface area (Å²) in [6, 6.07) is 5.61. The van der Waals surface area contributed by atoms with Crippen molar-refractivity contribution in [2.75, 3.05) is 0 Å². The zero-order valence-electron chi connectivity index (χ0n) is 8.48. The minimum absolute atomic E-state index is 0.629. The average molecular weight is 234 g/mol. The molecule has 2 heterocycles. The molecule has 80 valence electrons. The van der Waals surface area contributed by atoms with Crippen LogP contribution in [0, 0.1) is 0 Å². The van der Waals surface area contributed by atoms with Crippen LogP contribution in [0.2, 0.25) is 5.02 Å². The molecule has 2 aromatic heterocycles. The molecule has 1 aromatic carbocycles. The molecule has 0 aliphatic heterocycles. The van der Waals surface area contributed by atoms with Crippen molar-refractivity contribution in [3.8, 4) is 11.5 Å². The predicted molar refractivity (Wildman–Crippen MR) is 61.1 cm³/mol. The zero-order valence-corrected chi connectivity index (χ0v) is 9.23. The van der Waals surface area contributed by atoms with Crippen LogP contribution in [0.3, 0.4) is 0 Å². The Kier molecular flexibility index (Phi) is 1.94. The van der Waals surface area contributed by atoms with Crippen LogP contribution in [-0.4, -0.2) is 25.0 Å². The molecule has 16 heavy (non-hydrogen) atoms. The first-order chi connectivity index (χ1) is 7.74. The number of benzene rings is 1. The first-order valence-corrected chi connectivity index (χ1v) is 5.13. The van der Waals surface area contributed by atoms with Crippen LogP contribution in [0.15, 0.2) is 24.4 Å². The van der Waals surface area contributed by atoms with E-state index in [1.807, 2.05) is 25.2 Å². The lowest BCUT2D eigenvalue weighted by atomic mass is 10.3. The van der Waals surface area contributed by atoms with Gasteiger partial charge in [0.25, 0.3) is 0 Å². The van der Waals surface area contributed by atoms with Gasteiger partial charge in [0, 0.05) is 7.05 Å². The van der Waals surface area contributed by atoms with E-state index >= 15 is 0 Å². The van der Waals surface area contributed by atoms with Gasteiger partial charge in [-0.3, -0.25) is 4.68 Å². The van der Waals surface area contributed by atoms with E-state index in [4.69, 9.17) is 11.6 Å². The van der Waals surface area contributed by atoms with E-state index in [9.17, 15) is 0 Å². The standard InChI is InChI=1S/C10H8ClN5/c1-16-5-8(14-15-16)10-12-7-4-2-3-6(11)9(7)13-10/h2-5H,1H3,(H,12,13). The van der Waals surface area contributed by atoms with E-state index in [0.29, 0.717) is 16.5 Å². The van der Waals surface area contributed by atoms with Crippen LogP contribution in [0.5, 0.6) is 0 Å². The van der Waals surface area contributed by atoms with Gasteiger partial charge in [0.1, 0.15) is 11.2 Å². The van der Waals surface area contributed by atoms with E-state index in [0.717, 1.165) is 11.0 Å². The molecule has 0 saturated carbocycles. The Morgan fingerprint density at radius 2 is 2.25 bits per heavy atom. The molecule has 0 radical (unpaired) electrons. The fourth-order valence-electron chi connectivity index (χ4n) is 1.57. The second-order valence-electron chi connectivity index (χ2n) is 3.50. The van der Waals surface area contributed by atoms with Crippen LogP contribution in [0.4, 0.5) is 0 Å². The highest BCUT2D eigenvalue weighted by atomic mass is 35.5. The Hall–Kier alpha value is -1.88. The first kappa shape index (κ1) is 9.35. The minimum atomic E-state index is 0.629. The molecule has 1 N–H and O–H groups in total. The number of imidazole rings is 1. The van der Waals surface area contributed by atoms with Gasteiger partial charge in [-0.2, -0.15) is 0 Å². The quantitative estimate of drug-likeness (QED) is 0.700. The summed E-state index contributed by atoms with van der Waals surface area (Å²) in [5.74, 6) is 0.677. The van der Waals surface area contributed by atoms with E-state index in [2.05, 4.69) is 20.3 Å². The highest BCUT2D eigenvalue weighted by Gasteiger charge is 2.09. The third kappa shape index (κ3) is 1.37. The summed E-state index contributed by atoms with van der Waals surface area (Å²) in [7, 11) is 1.81. The van der Waals surface area contributed by atoms with E-state index in [1.165, 1.54) is 0 Å². The molecule has 0 aliphatic carbocycles. The number of aryl methyl sites for hydroxylation is 1. The predicted octanol–water partition coefficient (Wildman–Crippen LogP) is 2.01. The maximum absolute atomic E-state index is 6.04. The van der Waals surface area contributed by atoms with Gasteiger partial charge in [-0.25, -0.2) is 4.98 Å². The van der Waals surface area contributed by atoms with Crippen LogP contribution < -0.4 is 0 Å². The van der Waals surface area contributed by atoms with Gasteiger partial charge < -0.3 is 4.98 Å².